The molecule has 10 heteroatoms. The molecule has 4 heterocycles. The molecule has 0 saturated heterocycles. The van der Waals surface area contributed by atoms with Gasteiger partial charge in [0.1, 0.15) is 56.6 Å². The number of ether oxygens (including phenoxy) is 2. The van der Waals surface area contributed by atoms with E-state index in [2.05, 4.69) is 36.4 Å². The zero-order valence-corrected chi connectivity index (χ0v) is 30.6. The molecule has 0 N–H and O–H groups in total. The lowest BCUT2D eigenvalue weighted by atomic mass is 9.71. The summed E-state index contributed by atoms with van der Waals surface area (Å²) in [4.78, 5) is 12.4. The number of benzene rings is 1. The van der Waals surface area contributed by atoms with Crippen molar-refractivity contribution in [1.29, 1.82) is 21.0 Å². The van der Waals surface area contributed by atoms with Crippen molar-refractivity contribution < 1.29 is 9.47 Å². The molecular weight excluding hydrogens is 685 g/mol. The van der Waals surface area contributed by atoms with Crippen LogP contribution in [0.3, 0.4) is 0 Å². The Hall–Kier alpha value is -5.00. The lowest BCUT2D eigenvalue weighted by Gasteiger charge is -2.45. The molecule has 2 aromatic heterocycles. The third kappa shape index (κ3) is 5.24. The summed E-state index contributed by atoms with van der Waals surface area (Å²) in [7, 11) is 0. The van der Waals surface area contributed by atoms with Crippen molar-refractivity contribution in [2.45, 2.75) is 114 Å². The predicted octanol–water partition coefficient (Wildman–Crippen LogP) is 10.9. The Kier molecular flexibility index (Phi) is 8.15. The van der Waals surface area contributed by atoms with Gasteiger partial charge in [0.05, 0.1) is 9.75 Å². The highest BCUT2D eigenvalue weighted by Crippen LogP contribution is 2.60. The van der Waals surface area contributed by atoms with Gasteiger partial charge < -0.3 is 9.47 Å². The molecule has 4 aliphatic carbocycles. The summed E-state index contributed by atoms with van der Waals surface area (Å²) < 4.78 is 14.2. The van der Waals surface area contributed by atoms with Gasteiger partial charge in [0, 0.05) is 22.3 Å². The van der Waals surface area contributed by atoms with E-state index in [0.717, 1.165) is 132 Å². The number of hydrogen-bond donors (Lipinski definition) is 0. The maximum Gasteiger partial charge on any atom is 0.234 e. The van der Waals surface area contributed by atoms with Crippen LogP contribution in [0.15, 0.2) is 46.6 Å². The lowest BCUT2D eigenvalue weighted by molar-refractivity contribution is 0.0162. The molecule has 258 valence electrons. The topological polar surface area (TPSA) is 139 Å². The number of aromatic nitrogens is 2. The normalized spacial score (nSPS) is 20.5. The van der Waals surface area contributed by atoms with Gasteiger partial charge in [0.15, 0.2) is 0 Å². The molecule has 0 bridgehead atoms. The minimum absolute atomic E-state index is 0.182. The largest absolute Gasteiger partial charge is 0.465 e. The average molecular weight is 721 g/mol. The van der Waals surface area contributed by atoms with Crippen molar-refractivity contribution in [3.8, 4) is 56.9 Å². The number of hydrogen-bond acceptors (Lipinski definition) is 10. The molecule has 0 amide bonds. The highest BCUT2D eigenvalue weighted by Gasteiger charge is 2.49. The minimum Gasteiger partial charge on any atom is -0.465 e. The Morgan fingerprint density at radius 3 is 1.35 bits per heavy atom. The molecule has 2 spiro atoms. The Morgan fingerprint density at radius 2 is 0.962 bits per heavy atom. The fourth-order valence-corrected chi connectivity index (χ4v) is 11.4. The minimum atomic E-state index is -0.468. The number of fused-ring (bicyclic) bond motifs is 8. The molecule has 0 radical (unpaired) electrons. The zero-order valence-electron chi connectivity index (χ0n) is 28.9. The molecule has 0 unspecified atom stereocenters. The van der Waals surface area contributed by atoms with E-state index in [4.69, 9.17) is 19.4 Å². The lowest BCUT2D eigenvalue weighted by Crippen LogP contribution is -2.40. The van der Waals surface area contributed by atoms with Crippen LogP contribution in [0, 0.1) is 45.3 Å². The van der Waals surface area contributed by atoms with Gasteiger partial charge in [-0.25, -0.2) is 9.97 Å². The van der Waals surface area contributed by atoms with Crippen molar-refractivity contribution >= 4 is 33.8 Å². The Labute approximate surface area is 311 Å². The third-order valence-corrected chi connectivity index (χ3v) is 14.1. The number of allylic oxidation sites excluding steroid dienone is 8. The maximum absolute atomic E-state index is 9.57. The molecule has 2 fully saturated rings. The SMILES string of the molecule is N#CC(C#N)=C1C=C(c2nc3c(s2)-c2cc4c(cc2C2(CCCCC2)O3)-c2sc(C3=CC(=C(C#N)C#N)CCC3)nc2OC42CCCCC2)CCC1. The van der Waals surface area contributed by atoms with Crippen LogP contribution in [-0.2, 0) is 11.2 Å². The van der Waals surface area contributed by atoms with E-state index in [0.29, 0.717) is 11.8 Å². The second kappa shape index (κ2) is 12.9. The Balaban J connectivity index is 1.22. The van der Waals surface area contributed by atoms with E-state index in [1.54, 1.807) is 22.7 Å². The van der Waals surface area contributed by atoms with Gasteiger partial charge in [-0.1, -0.05) is 25.0 Å². The maximum atomic E-state index is 9.57. The van der Waals surface area contributed by atoms with E-state index >= 15 is 0 Å². The van der Waals surface area contributed by atoms with Gasteiger partial charge >= 0.3 is 0 Å². The molecule has 1 aromatic carbocycles. The first-order chi connectivity index (χ1) is 25.5. The third-order valence-electron chi connectivity index (χ3n) is 11.8. The van der Waals surface area contributed by atoms with Crippen LogP contribution < -0.4 is 9.47 Å². The monoisotopic (exact) mass is 720 g/mol. The van der Waals surface area contributed by atoms with E-state index < -0.39 is 11.2 Å². The average Bonchev–Trinajstić information content (AvgIpc) is 3.81. The van der Waals surface area contributed by atoms with Gasteiger partial charge in [0.25, 0.3) is 0 Å². The number of thiazole rings is 2. The van der Waals surface area contributed by atoms with Gasteiger partial charge in [-0.05, 0) is 124 Å². The van der Waals surface area contributed by atoms with Crippen LogP contribution in [0.25, 0.3) is 32.0 Å². The summed E-state index contributed by atoms with van der Waals surface area (Å²) in [6, 6.07) is 13.1. The first kappa shape index (κ1) is 32.9. The van der Waals surface area contributed by atoms with E-state index in [9.17, 15) is 21.0 Å². The first-order valence-corrected chi connectivity index (χ1v) is 20.2. The smallest absolute Gasteiger partial charge is 0.234 e. The van der Waals surface area contributed by atoms with Crippen molar-refractivity contribution in [2.75, 3.05) is 0 Å². The van der Waals surface area contributed by atoms with Crippen molar-refractivity contribution in [3.05, 3.63) is 67.7 Å². The van der Waals surface area contributed by atoms with Crippen molar-refractivity contribution in [1.82, 2.24) is 9.97 Å². The summed E-state index contributed by atoms with van der Waals surface area (Å²) in [5, 5.41) is 40.1. The number of nitriles is 4. The number of rotatable bonds is 2. The zero-order chi connectivity index (χ0) is 35.5. The molecule has 8 nitrogen and oxygen atoms in total. The second-order valence-electron chi connectivity index (χ2n) is 14.9. The van der Waals surface area contributed by atoms with E-state index in [1.165, 1.54) is 35.1 Å². The van der Waals surface area contributed by atoms with E-state index in [1.807, 2.05) is 12.2 Å². The molecule has 2 saturated carbocycles. The van der Waals surface area contributed by atoms with Crippen molar-refractivity contribution in [3.63, 3.8) is 0 Å². The van der Waals surface area contributed by atoms with E-state index in [-0.39, 0.29) is 11.1 Å². The van der Waals surface area contributed by atoms with Gasteiger partial charge in [-0.15, -0.1) is 22.7 Å². The van der Waals surface area contributed by atoms with Crippen LogP contribution in [0.4, 0.5) is 0 Å². The molecule has 0 atom stereocenters. The van der Waals surface area contributed by atoms with Crippen LogP contribution in [0.2, 0.25) is 0 Å². The molecule has 6 aliphatic rings. The van der Waals surface area contributed by atoms with Crippen LogP contribution in [0.5, 0.6) is 11.8 Å². The van der Waals surface area contributed by atoms with Gasteiger partial charge in [-0.3, -0.25) is 0 Å². The summed E-state index contributed by atoms with van der Waals surface area (Å²) in [5.41, 5.74) is 7.98. The van der Waals surface area contributed by atoms with Crippen molar-refractivity contribution in [2.24, 2.45) is 0 Å². The standard InChI is InChI=1S/C42H36N6O2S2/c43-21-29(22-44)25-9-7-11-27(17-25)39-47-37-35(51-39)31-20-34-32(19-33(31)41(49-37)13-3-1-4-14-41)36-38(50-42(34)15-5-2-6-16-42)48-40(52-36)28-12-8-10-26(18-28)30(23-45)24-46/h17-20H,1-16H2. The van der Waals surface area contributed by atoms with Gasteiger partial charge in [0.2, 0.25) is 11.8 Å². The Morgan fingerprint density at radius 1 is 0.558 bits per heavy atom. The quantitative estimate of drug-likeness (QED) is 0.238. The second-order valence-corrected chi connectivity index (χ2v) is 16.9. The van der Waals surface area contributed by atoms with Gasteiger partial charge in [-0.2, -0.15) is 21.0 Å². The summed E-state index contributed by atoms with van der Waals surface area (Å²) in [6.45, 7) is 0. The fraction of sp³-hybridized carbons (Fsp3) is 0.429. The van der Waals surface area contributed by atoms with Crippen LogP contribution in [0.1, 0.15) is 124 Å². The van der Waals surface area contributed by atoms with Crippen LogP contribution >= 0.6 is 22.7 Å². The summed E-state index contributed by atoms with van der Waals surface area (Å²) >= 11 is 3.32. The molecule has 52 heavy (non-hydrogen) atoms. The molecule has 9 rings (SSSR count). The highest BCUT2D eigenvalue weighted by molar-refractivity contribution is 7.17. The Bertz CT molecular complexity index is 2130. The molecular formula is C42H36N6O2S2. The molecule has 3 aromatic rings. The van der Waals surface area contributed by atoms with Crippen LogP contribution in [-0.4, -0.2) is 9.97 Å². The number of nitrogens with zero attached hydrogens (tertiary/aromatic N) is 6. The summed E-state index contributed by atoms with van der Waals surface area (Å²) in [6.07, 6.45) is 19.4. The summed E-state index contributed by atoms with van der Waals surface area (Å²) in [5.74, 6) is 1.40. The fourth-order valence-electron chi connectivity index (χ4n) is 9.28. The molecule has 2 aliphatic heterocycles. The predicted molar refractivity (Wildman–Crippen MR) is 200 cm³/mol. The highest BCUT2D eigenvalue weighted by atomic mass is 32.1. The first-order valence-electron chi connectivity index (χ1n) is 18.6.